The fourth-order valence-electron chi connectivity index (χ4n) is 3.78. The monoisotopic (exact) mass is 301 g/mol. The first-order chi connectivity index (χ1) is 10.6. The molecule has 2 bridgehead atoms. The van der Waals surface area contributed by atoms with E-state index in [4.69, 9.17) is 9.47 Å². The number of fused-ring (bicyclic) bond motifs is 1. The van der Waals surface area contributed by atoms with E-state index in [2.05, 4.69) is 0 Å². The average Bonchev–Trinajstić information content (AvgIpc) is 3.15. The first-order valence-corrected chi connectivity index (χ1v) is 7.11. The second-order valence-corrected chi connectivity index (χ2v) is 5.86. The summed E-state index contributed by atoms with van der Waals surface area (Å²) in [6, 6.07) is 7.17. The molecule has 3 aliphatic rings. The lowest BCUT2D eigenvalue weighted by atomic mass is 9.77. The molecule has 0 aromatic heterocycles. The summed E-state index contributed by atoms with van der Waals surface area (Å²) in [5.74, 6) is -2.01. The van der Waals surface area contributed by atoms with Gasteiger partial charge in [0.2, 0.25) is 5.91 Å². The van der Waals surface area contributed by atoms with E-state index in [1.54, 1.807) is 36.3 Å². The molecule has 1 amide bonds. The summed E-state index contributed by atoms with van der Waals surface area (Å²) in [5, 5.41) is 9.43. The van der Waals surface area contributed by atoms with E-state index in [0.717, 1.165) is 0 Å². The van der Waals surface area contributed by atoms with Crippen LogP contribution in [0.25, 0.3) is 0 Å². The molecule has 2 fully saturated rings. The first kappa shape index (κ1) is 13.3. The lowest BCUT2D eigenvalue weighted by molar-refractivity contribution is -0.146. The van der Waals surface area contributed by atoms with Crippen LogP contribution in [0, 0.1) is 11.8 Å². The van der Waals surface area contributed by atoms with E-state index in [1.165, 1.54) is 0 Å². The molecule has 114 valence electrons. The standard InChI is InChI=1S/C16H15NO5/c1-21-10-4-2-3-9(7-10)17-8-16-6-5-11(22-16)12(15(19)20)13(16)14(17)18/h2-7,11-13H,8H2,1H3,(H,19,20)/t11-,12+,13-,16-/m1/s1. The zero-order valence-corrected chi connectivity index (χ0v) is 11.9. The highest BCUT2D eigenvalue weighted by molar-refractivity contribution is 6.02. The van der Waals surface area contributed by atoms with Crippen LogP contribution in [0.3, 0.4) is 0 Å². The highest BCUT2D eigenvalue weighted by atomic mass is 16.5. The summed E-state index contributed by atoms with van der Waals surface area (Å²) >= 11 is 0. The van der Waals surface area contributed by atoms with Crippen LogP contribution in [0.4, 0.5) is 5.69 Å². The molecule has 0 radical (unpaired) electrons. The maximum absolute atomic E-state index is 12.8. The van der Waals surface area contributed by atoms with Crippen molar-refractivity contribution in [2.75, 3.05) is 18.6 Å². The molecule has 1 spiro atoms. The van der Waals surface area contributed by atoms with E-state index in [-0.39, 0.29) is 5.91 Å². The Morgan fingerprint density at radius 1 is 1.50 bits per heavy atom. The lowest BCUT2D eigenvalue weighted by Crippen LogP contribution is -2.39. The van der Waals surface area contributed by atoms with Gasteiger partial charge in [-0.2, -0.15) is 0 Å². The minimum absolute atomic E-state index is 0.201. The fraction of sp³-hybridized carbons (Fsp3) is 0.375. The van der Waals surface area contributed by atoms with Crippen molar-refractivity contribution in [3.05, 3.63) is 36.4 Å². The van der Waals surface area contributed by atoms with Gasteiger partial charge in [-0.1, -0.05) is 18.2 Å². The molecular weight excluding hydrogens is 286 g/mol. The molecule has 3 heterocycles. The van der Waals surface area contributed by atoms with Gasteiger partial charge in [-0.3, -0.25) is 9.59 Å². The maximum Gasteiger partial charge on any atom is 0.310 e. The number of aliphatic carboxylic acids is 1. The van der Waals surface area contributed by atoms with E-state index in [0.29, 0.717) is 18.0 Å². The molecule has 2 saturated heterocycles. The van der Waals surface area contributed by atoms with Crippen LogP contribution >= 0.6 is 0 Å². The lowest BCUT2D eigenvalue weighted by Gasteiger charge is -2.21. The highest BCUT2D eigenvalue weighted by Crippen LogP contribution is 2.52. The molecule has 1 aromatic carbocycles. The number of nitrogens with zero attached hydrogens (tertiary/aromatic N) is 1. The third-order valence-corrected chi connectivity index (χ3v) is 4.75. The number of methoxy groups -OCH3 is 1. The van der Waals surface area contributed by atoms with Gasteiger partial charge >= 0.3 is 5.97 Å². The fourth-order valence-corrected chi connectivity index (χ4v) is 3.78. The number of amides is 1. The Hall–Kier alpha value is -2.34. The van der Waals surface area contributed by atoms with Gasteiger partial charge in [-0.25, -0.2) is 0 Å². The van der Waals surface area contributed by atoms with Crippen molar-refractivity contribution in [3.8, 4) is 5.75 Å². The number of benzene rings is 1. The Bertz CT molecular complexity index is 700. The normalized spacial score (nSPS) is 35.0. The molecule has 4 atom stereocenters. The van der Waals surface area contributed by atoms with Gasteiger partial charge in [0.25, 0.3) is 0 Å². The molecule has 3 aliphatic heterocycles. The Labute approximate surface area is 126 Å². The minimum Gasteiger partial charge on any atom is -0.497 e. The van der Waals surface area contributed by atoms with Crippen molar-refractivity contribution < 1.29 is 24.2 Å². The Balaban J connectivity index is 1.73. The Morgan fingerprint density at radius 2 is 2.32 bits per heavy atom. The van der Waals surface area contributed by atoms with Gasteiger partial charge < -0.3 is 19.5 Å². The van der Waals surface area contributed by atoms with Crippen molar-refractivity contribution in [2.45, 2.75) is 11.7 Å². The largest absolute Gasteiger partial charge is 0.497 e. The number of rotatable bonds is 3. The number of hydrogen-bond donors (Lipinski definition) is 1. The van der Waals surface area contributed by atoms with Gasteiger partial charge in [0.05, 0.1) is 25.7 Å². The SMILES string of the molecule is COc1cccc(N2C[C@@]34C=C[C@@H](O3)[C@H](C(=O)O)[C@@H]4C2=O)c1. The van der Waals surface area contributed by atoms with E-state index in [1.807, 2.05) is 12.1 Å². The predicted molar refractivity (Wildman–Crippen MR) is 76.7 cm³/mol. The van der Waals surface area contributed by atoms with Crippen LogP contribution in [0.2, 0.25) is 0 Å². The van der Waals surface area contributed by atoms with E-state index in [9.17, 15) is 14.7 Å². The van der Waals surface area contributed by atoms with E-state index < -0.39 is 29.5 Å². The summed E-state index contributed by atoms with van der Waals surface area (Å²) in [4.78, 5) is 25.9. The van der Waals surface area contributed by atoms with Crippen LogP contribution in [0.15, 0.2) is 36.4 Å². The second kappa shape index (κ2) is 4.33. The van der Waals surface area contributed by atoms with Gasteiger partial charge in [-0.05, 0) is 12.1 Å². The van der Waals surface area contributed by atoms with Crippen molar-refractivity contribution >= 4 is 17.6 Å². The van der Waals surface area contributed by atoms with Crippen LogP contribution in [-0.4, -0.2) is 42.3 Å². The van der Waals surface area contributed by atoms with Gasteiger partial charge in [0.15, 0.2) is 0 Å². The van der Waals surface area contributed by atoms with E-state index >= 15 is 0 Å². The molecule has 1 N–H and O–H groups in total. The second-order valence-electron chi connectivity index (χ2n) is 5.86. The van der Waals surface area contributed by atoms with Crippen molar-refractivity contribution in [3.63, 3.8) is 0 Å². The number of carboxylic acid groups (broad SMARTS) is 1. The Morgan fingerprint density at radius 3 is 3.05 bits per heavy atom. The molecule has 0 aliphatic carbocycles. The molecule has 6 nitrogen and oxygen atoms in total. The highest BCUT2D eigenvalue weighted by Gasteiger charge is 2.67. The number of ether oxygens (including phenoxy) is 2. The molecule has 22 heavy (non-hydrogen) atoms. The number of carbonyl (C=O) groups excluding carboxylic acids is 1. The third-order valence-electron chi connectivity index (χ3n) is 4.75. The molecule has 6 heteroatoms. The average molecular weight is 301 g/mol. The van der Waals surface area contributed by atoms with Crippen LogP contribution in [0.1, 0.15) is 0 Å². The number of anilines is 1. The predicted octanol–water partition coefficient (Wildman–Crippen LogP) is 1.07. The maximum atomic E-state index is 12.8. The zero-order chi connectivity index (χ0) is 15.5. The topological polar surface area (TPSA) is 76.1 Å². The smallest absolute Gasteiger partial charge is 0.310 e. The summed E-state index contributed by atoms with van der Waals surface area (Å²) in [6.45, 7) is 0.334. The first-order valence-electron chi connectivity index (χ1n) is 7.11. The quantitative estimate of drug-likeness (QED) is 0.845. The number of carbonyl (C=O) groups is 2. The minimum atomic E-state index is -0.984. The summed E-state index contributed by atoms with van der Waals surface area (Å²) in [6.07, 6.45) is 3.11. The Kier molecular flexibility index (Phi) is 2.62. The van der Waals surface area contributed by atoms with Crippen molar-refractivity contribution in [1.82, 2.24) is 0 Å². The molecule has 4 rings (SSSR count). The summed E-state index contributed by atoms with van der Waals surface area (Å²) < 4.78 is 11.0. The zero-order valence-electron chi connectivity index (χ0n) is 11.9. The summed E-state index contributed by atoms with van der Waals surface area (Å²) in [5.41, 5.74) is -0.119. The summed E-state index contributed by atoms with van der Waals surface area (Å²) in [7, 11) is 1.56. The van der Waals surface area contributed by atoms with Gasteiger partial charge in [0, 0.05) is 11.8 Å². The number of carboxylic acids is 1. The number of hydrogen-bond acceptors (Lipinski definition) is 4. The van der Waals surface area contributed by atoms with Crippen molar-refractivity contribution in [2.24, 2.45) is 11.8 Å². The molecular formula is C16H15NO5. The molecule has 0 unspecified atom stereocenters. The van der Waals surface area contributed by atoms with Crippen LogP contribution in [0.5, 0.6) is 5.75 Å². The van der Waals surface area contributed by atoms with Crippen LogP contribution in [-0.2, 0) is 14.3 Å². The molecule has 0 saturated carbocycles. The van der Waals surface area contributed by atoms with Crippen molar-refractivity contribution in [1.29, 1.82) is 0 Å². The molecule has 1 aromatic rings. The van der Waals surface area contributed by atoms with Crippen LogP contribution < -0.4 is 9.64 Å². The van der Waals surface area contributed by atoms with Gasteiger partial charge in [-0.15, -0.1) is 0 Å². The third kappa shape index (κ3) is 1.58. The van der Waals surface area contributed by atoms with Gasteiger partial charge in [0.1, 0.15) is 17.3 Å².